The van der Waals surface area contributed by atoms with E-state index in [0.717, 1.165) is 0 Å². The van der Waals surface area contributed by atoms with Crippen LogP contribution in [0.25, 0.3) is 0 Å². The van der Waals surface area contributed by atoms with Crippen molar-refractivity contribution in [1.29, 1.82) is 0 Å². The monoisotopic (exact) mass is 330 g/mol. The van der Waals surface area contributed by atoms with Gasteiger partial charge in [-0.15, -0.1) is 0 Å². The minimum atomic E-state index is -1.18. The van der Waals surface area contributed by atoms with E-state index in [2.05, 4.69) is 10.6 Å². The van der Waals surface area contributed by atoms with Crippen LogP contribution in [0.2, 0.25) is 0 Å². The van der Waals surface area contributed by atoms with Crippen molar-refractivity contribution >= 4 is 23.7 Å². The Bertz CT molecular complexity index is 454. The highest BCUT2D eigenvalue weighted by atomic mass is 16.4. The molecule has 9 heteroatoms. The summed E-state index contributed by atoms with van der Waals surface area (Å²) in [5.74, 6) is -3.15. The summed E-state index contributed by atoms with van der Waals surface area (Å²) in [6.45, 7) is 4.92. The van der Waals surface area contributed by atoms with E-state index in [1.165, 1.54) is 6.92 Å². The molecule has 0 radical (unpaired) electrons. The Hall–Kier alpha value is -2.16. The third-order valence-electron chi connectivity index (χ3n) is 3.56. The van der Waals surface area contributed by atoms with Gasteiger partial charge in [-0.05, 0) is 19.3 Å². The van der Waals surface area contributed by atoms with E-state index in [9.17, 15) is 19.2 Å². The van der Waals surface area contributed by atoms with Crippen LogP contribution >= 0.6 is 0 Å². The maximum Gasteiger partial charge on any atom is 0.325 e. The average Bonchev–Trinajstić information content (AvgIpc) is 2.48. The van der Waals surface area contributed by atoms with E-state index < -0.39 is 41.8 Å². The molecule has 0 saturated carbocycles. The first-order valence-corrected chi connectivity index (χ1v) is 7.47. The zero-order chi connectivity index (χ0) is 18.2. The predicted molar refractivity (Wildman–Crippen MR) is 83.0 cm³/mol. The van der Waals surface area contributed by atoms with Crippen molar-refractivity contribution in [3.05, 3.63) is 0 Å². The second kappa shape index (κ2) is 9.78. The largest absolute Gasteiger partial charge is 0.480 e. The van der Waals surface area contributed by atoms with Crippen molar-refractivity contribution in [3.63, 3.8) is 0 Å². The molecule has 0 aliphatic heterocycles. The molecule has 0 heterocycles. The Morgan fingerprint density at radius 3 is 2.09 bits per heavy atom. The fourth-order valence-corrected chi connectivity index (χ4v) is 1.76. The summed E-state index contributed by atoms with van der Waals surface area (Å²) in [6, 6.07) is -2.96. The SMILES string of the molecule is CCC(C)C(NC(=O)C(N)CCC(N)=O)C(=O)NC(C)C(=O)O. The van der Waals surface area contributed by atoms with Gasteiger partial charge in [-0.3, -0.25) is 19.2 Å². The number of nitrogens with one attached hydrogen (secondary N) is 2. The summed E-state index contributed by atoms with van der Waals surface area (Å²) < 4.78 is 0. The third kappa shape index (κ3) is 7.59. The van der Waals surface area contributed by atoms with Crippen LogP contribution < -0.4 is 22.1 Å². The first-order valence-electron chi connectivity index (χ1n) is 7.47. The molecular weight excluding hydrogens is 304 g/mol. The molecule has 3 amide bonds. The molecule has 0 fully saturated rings. The Morgan fingerprint density at radius 2 is 1.65 bits per heavy atom. The van der Waals surface area contributed by atoms with Crippen LogP contribution in [0.3, 0.4) is 0 Å². The van der Waals surface area contributed by atoms with Crippen molar-refractivity contribution in [1.82, 2.24) is 10.6 Å². The maximum absolute atomic E-state index is 12.2. The second-order valence-electron chi connectivity index (χ2n) is 5.55. The molecule has 0 spiro atoms. The molecule has 23 heavy (non-hydrogen) atoms. The van der Waals surface area contributed by atoms with Gasteiger partial charge in [0.05, 0.1) is 6.04 Å². The highest BCUT2D eigenvalue weighted by Gasteiger charge is 2.29. The summed E-state index contributed by atoms with van der Waals surface area (Å²) in [7, 11) is 0. The number of carbonyl (C=O) groups is 4. The fourth-order valence-electron chi connectivity index (χ4n) is 1.76. The molecule has 0 aromatic carbocycles. The van der Waals surface area contributed by atoms with Gasteiger partial charge < -0.3 is 27.2 Å². The minimum Gasteiger partial charge on any atom is -0.480 e. The predicted octanol–water partition coefficient (Wildman–Crippen LogP) is -1.30. The van der Waals surface area contributed by atoms with E-state index in [-0.39, 0.29) is 18.8 Å². The van der Waals surface area contributed by atoms with Gasteiger partial charge in [0, 0.05) is 6.42 Å². The van der Waals surface area contributed by atoms with Crippen LogP contribution in [0.1, 0.15) is 40.0 Å². The Labute approximate surface area is 135 Å². The summed E-state index contributed by atoms with van der Waals surface area (Å²) in [4.78, 5) is 45.7. The third-order valence-corrected chi connectivity index (χ3v) is 3.56. The number of rotatable bonds is 10. The molecule has 0 aliphatic carbocycles. The lowest BCUT2D eigenvalue weighted by Crippen LogP contribution is -2.56. The minimum absolute atomic E-state index is 0.0369. The number of primary amides is 1. The quantitative estimate of drug-likeness (QED) is 0.334. The highest BCUT2D eigenvalue weighted by Crippen LogP contribution is 2.09. The van der Waals surface area contributed by atoms with E-state index in [1.54, 1.807) is 6.92 Å². The summed E-state index contributed by atoms with van der Waals surface area (Å²) in [5, 5.41) is 13.7. The van der Waals surface area contributed by atoms with Crippen molar-refractivity contribution in [3.8, 4) is 0 Å². The van der Waals surface area contributed by atoms with Gasteiger partial charge in [0.2, 0.25) is 17.7 Å². The first-order chi connectivity index (χ1) is 10.6. The fraction of sp³-hybridized carbons (Fsp3) is 0.714. The number of carbonyl (C=O) groups excluding carboxylic acids is 3. The van der Waals surface area contributed by atoms with Crippen LogP contribution in [-0.4, -0.2) is 46.9 Å². The molecule has 0 bridgehead atoms. The molecule has 0 rings (SSSR count). The lowest BCUT2D eigenvalue weighted by atomic mass is 9.97. The molecule has 132 valence electrons. The van der Waals surface area contributed by atoms with E-state index in [1.807, 2.05) is 6.92 Å². The molecule has 7 N–H and O–H groups in total. The van der Waals surface area contributed by atoms with Gasteiger partial charge in [0.15, 0.2) is 0 Å². The van der Waals surface area contributed by atoms with E-state index in [4.69, 9.17) is 16.6 Å². The number of hydrogen-bond donors (Lipinski definition) is 5. The summed E-state index contributed by atoms with van der Waals surface area (Å²) >= 11 is 0. The first kappa shape index (κ1) is 20.8. The molecule has 9 nitrogen and oxygen atoms in total. The van der Waals surface area contributed by atoms with Gasteiger partial charge in [-0.1, -0.05) is 20.3 Å². The van der Waals surface area contributed by atoms with Gasteiger partial charge in [0.1, 0.15) is 12.1 Å². The Balaban J connectivity index is 4.84. The molecular formula is C14H26N4O5. The molecule has 4 atom stereocenters. The van der Waals surface area contributed by atoms with Gasteiger partial charge in [-0.2, -0.15) is 0 Å². The van der Waals surface area contributed by atoms with Gasteiger partial charge >= 0.3 is 5.97 Å². The smallest absolute Gasteiger partial charge is 0.325 e. The van der Waals surface area contributed by atoms with Gasteiger partial charge in [0.25, 0.3) is 0 Å². The summed E-state index contributed by atoms with van der Waals surface area (Å²) in [5.41, 5.74) is 10.7. The zero-order valence-electron chi connectivity index (χ0n) is 13.7. The van der Waals surface area contributed by atoms with E-state index in [0.29, 0.717) is 6.42 Å². The molecule has 0 aliphatic rings. The number of amides is 3. The van der Waals surface area contributed by atoms with Crippen LogP contribution in [0.15, 0.2) is 0 Å². The maximum atomic E-state index is 12.2. The van der Waals surface area contributed by atoms with Crippen molar-refractivity contribution in [2.75, 3.05) is 0 Å². The summed E-state index contributed by atoms with van der Waals surface area (Å²) in [6.07, 6.45) is 0.628. The zero-order valence-corrected chi connectivity index (χ0v) is 13.7. The lowest BCUT2D eigenvalue weighted by molar-refractivity contribution is -0.142. The molecule has 0 aromatic rings. The van der Waals surface area contributed by atoms with Crippen LogP contribution in [0, 0.1) is 5.92 Å². The average molecular weight is 330 g/mol. The lowest BCUT2D eigenvalue weighted by Gasteiger charge is -2.25. The molecule has 0 aromatic heterocycles. The standard InChI is InChI=1S/C14H26N4O5/c1-4-7(2)11(13(21)17-8(3)14(22)23)18-12(20)9(15)5-6-10(16)19/h7-9,11H,4-6,15H2,1-3H3,(H2,16,19)(H,17,21)(H,18,20)(H,22,23). The van der Waals surface area contributed by atoms with Gasteiger partial charge in [-0.25, -0.2) is 0 Å². The van der Waals surface area contributed by atoms with Crippen LogP contribution in [0.5, 0.6) is 0 Å². The normalized spacial score (nSPS) is 15.8. The Morgan fingerprint density at radius 1 is 1.09 bits per heavy atom. The second-order valence-corrected chi connectivity index (χ2v) is 5.55. The number of hydrogen-bond acceptors (Lipinski definition) is 5. The van der Waals surface area contributed by atoms with Crippen molar-refractivity contribution < 1.29 is 24.3 Å². The number of aliphatic carboxylic acids is 1. The number of nitrogens with two attached hydrogens (primary N) is 2. The van der Waals surface area contributed by atoms with Crippen LogP contribution in [-0.2, 0) is 19.2 Å². The van der Waals surface area contributed by atoms with E-state index >= 15 is 0 Å². The highest BCUT2D eigenvalue weighted by molar-refractivity contribution is 5.92. The van der Waals surface area contributed by atoms with Crippen LogP contribution in [0.4, 0.5) is 0 Å². The molecule has 4 unspecified atom stereocenters. The van der Waals surface area contributed by atoms with Crippen molar-refractivity contribution in [2.45, 2.75) is 58.2 Å². The number of carboxylic acid groups (broad SMARTS) is 1. The topological polar surface area (TPSA) is 165 Å². The molecule has 0 saturated heterocycles. The number of carboxylic acids is 1. The Kier molecular flexibility index (Phi) is 8.86. The van der Waals surface area contributed by atoms with Crippen molar-refractivity contribution in [2.24, 2.45) is 17.4 Å².